The van der Waals surface area contributed by atoms with Crippen molar-refractivity contribution < 1.29 is 0 Å². The van der Waals surface area contributed by atoms with Crippen molar-refractivity contribution in [3.8, 4) is 0 Å². The van der Waals surface area contributed by atoms with Gasteiger partial charge in [0.15, 0.2) is 0 Å². The van der Waals surface area contributed by atoms with Gasteiger partial charge in [-0.1, -0.05) is 30.3 Å². The van der Waals surface area contributed by atoms with Crippen LogP contribution >= 0.6 is 28.6 Å². The first kappa shape index (κ1) is 8.14. The third kappa shape index (κ3) is 1.25. The number of hydrogen-bond donors (Lipinski definition) is 1. The van der Waals surface area contributed by atoms with Crippen molar-refractivity contribution >= 4 is 39.3 Å². The van der Waals surface area contributed by atoms with Crippen LogP contribution in [0.1, 0.15) is 0 Å². The van der Waals surface area contributed by atoms with Gasteiger partial charge in [-0.3, -0.25) is 0 Å². The molecule has 0 aliphatic carbocycles. The van der Waals surface area contributed by atoms with Gasteiger partial charge >= 0.3 is 0 Å². The van der Waals surface area contributed by atoms with Crippen molar-refractivity contribution in [1.29, 1.82) is 0 Å². The van der Waals surface area contributed by atoms with Crippen molar-refractivity contribution in [2.45, 2.75) is 4.90 Å². The Morgan fingerprint density at radius 1 is 1.00 bits per heavy atom. The van der Waals surface area contributed by atoms with Crippen molar-refractivity contribution in [1.82, 2.24) is 0 Å². The third-order valence-electron chi connectivity index (χ3n) is 1.84. The maximum absolute atomic E-state index is 4.33. The average molecular weight is 239 g/mol. The highest BCUT2D eigenvalue weighted by Gasteiger charge is 1.99. The van der Waals surface area contributed by atoms with Crippen LogP contribution in [0, 0.1) is 0 Å². The van der Waals surface area contributed by atoms with Crippen LogP contribution in [0.25, 0.3) is 10.8 Å². The van der Waals surface area contributed by atoms with Crippen LogP contribution < -0.4 is 0 Å². The van der Waals surface area contributed by atoms with Crippen LogP contribution in [0.2, 0.25) is 0 Å². The van der Waals surface area contributed by atoms with Crippen LogP contribution in [0.4, 0.5) is 0 Å². The van der Waals surface area contributed by atoms with Crippen LogP contribution in [0.15, 0.2) is 45.8 Å². The molecule has 2 rings (SSSR count). The minimum atomic E-state index is 0.980. The first-order valence-corrected chi connectivity index (χ1v) is 4.89. The molecule has 0 fully saturated rings. The zero-order valence-corrected chi connectivity index (χ0v) is 8.77. The van der Waals surface area contributed by atoms with E-state index < -0.39 is 0 Å². The van der Waals surface area contributed by atoms with Gasteiger partial charge in [-0.15, -0.1) is 12.6 Å². The molecule has 0 aliphatic rings. The molecule has 0 nitrogen and oxygen atoms in total. The number of fused-ring (bicyclic) bond motifs is 1. The number of thiol groups is 1. The lowest BCUT2D eigenvalue weighted by molar-refractivity contribution is 1.47. The Morgan fingerprint density at radius 3 is 2.58 bits per heavy atom. The van der Waals surface area contributed by atoms with Crippen LogP contribution in [0.3, 0.4) is 0 Å². The molecule has 0 spiro atoms. The molecular formula is C10H7BrS. The van der Waals surface area contributed by atoms with Crippen LogP contribution in [-0.4, -0.2) is 0 Å². The van der Waals surface area contributed by atoms with Crippen molar-refractivity contribution in [3.63, 3.8) is 0 Å². The summed E-state index contributed by atoms with van der Waals surface area (Å²) in [6.45, 7) is 0. The predicted octanol–water partition coefficient (Wildman–Crippen LogP) is 3.89. The van der Waals surface area contributed by atoms with Gasteiger partial charge in [0.2, 0.25) is 0 Å². The maximum atomic E-state index is 4.33. The molecule has 2 heteroatoms. The maximum Gasteiger partial charge on any atom is 0.0387 e. The highest BCUT2D eigenvalue weighted by Crippen LogP contribution is 2.29. The van der Waals surface area contributed by atoms with Gasteiger partial charge in [0, 0.05) is 9.37 Å². The standard InChI is InChI=1S/C10H7BrS/c11-10-8-4-2-1-3-7(8)5-6-9(10)12/h1-6,12H. The SMILES string of the molecule is Sc1ccc2ccccc2c1Br. The topological polar surface area (TPSA) is 0 Å². The van der Waals surface area contributed by atoms with Crippen LogP contribution in [0.5, 0.6) is 0 Å². The van der Waals surface area contributed by atoms with E-state index >= 15 is 0 Å². The second kappa shape index (κ2) is 3.11. The summed E-state index contributed by atoms with van der Waals surface area (Å²) in [5, 5.41) is 2.45. The lowest BCUT2D eigenvalue weighted by Gasteiger charge is -2.01. The van der Waals surface area contributed by atoms with Gasteiger partial charge in [-0.25, -0.2) is 0 Å². The molecule has 12 heavy (non-hydrogen) atoms. The Hall–Kier alpha value is -0.470. The molecule has 0 heterocycles. The van der Waals surface area contributed by atoms with Gasteiger partial charge in [0.25, 0.3) is 0 Å². The molecule has 0 aliphatic heterocycles. The average Bonchev–Trinajstić information content (AvgIpc) is 2.12. The van der Waals surface area contributed by atoms with Crippen molar-refractivity contribution in [2.75, 3.05) is 0 Å². The van der Waals surface area contributed by atoms with Gasteiger partial charge in [-0.2, -0.15) is 0 Å². The fourth-order valence-electron chi connectivity index (χ4n) is 1.22. The summed E-state index contributed by atoms with van der Waals surface area (Å²) in [6, 6.07) is 12.3. The lowest BCUT2D eigenvalue weighted by atomic mass is 10.1. The monoisotopic (exact) mass is 238 g/mol. The first-order chi connectivity index (χ1) is 5.79. The molecule has 2 aromatic rings. The summed E-state index contributed by atoms with van der Waals surface area (Å²) < 4.78 is 1.07. The molecular weight excluding hydrogens is 232 g/mol. The summed E-state index contributed by atoms with van der Waals surface area (Å²) in [4.78, 5) is 0.980. The van der Waals surface area contributed by atoms with E-state index in [0.717, 1.165) is 9.37 Å². The minimum Gasteiger partial charge on any atom is -0.142 e. The Balaban J connectivity index is 2.91. The highest BCUT2D eigenvalue weighted by atomic mass is 79.9. The number of halogens is 1. The summed E-state index contributed by atoms with van der Waals surface area (Å²) in [6.07, 6.45) is 0. The molecule has 0 bridgehead atoms. The molecule has 0 radical (unpaired) electrons. The fourth-order valence-corrected chi connectivity index (χ4v) is 1.91. The van der Waals surface area contributed by atoms with E-state index in [1.165, 1.54) is 10.8 Å². The summed E-state index contributed by atoms with van der Waals surface area (Å²) in [7, 11) is 0. The van der Waals surface area contributed by atoms with E-state index in [-0.39, 0.29) is 0 Å². The first-order valence-electron chi connectivity index (χ1n) is 3.65. The van der Waals surface area contributed by atoms with E-state index in [1.54, 1.807) is 0 Å². The Labute approximate surface area is 85.1 Å². The van der Waals surface area contributed by atoms with Gasteiger partial charge in [0.05, 0.1) is 0 Å². The highest BCUT2D eigenvalue weighted by molar-refractivity contribution is 9.10. The zero-order chi connectivity index (χ0) is 8.55. The molecule has 0 atom stereocenters. The minimum absolute atomic E-state index is 0.980. The fraction of sp³-hybridized carbons (Fsp3) is 0. The van der Waals surface area contributed by atoms with Gasteiger partial charge < -0.3 is 0 Å². The lowest BCUT2D eigenvalue weighted by Crippen LogP contribution is -1.75. The number of rotatable bonds is 0. The van der Waals surface area contributed by atoms with Crippen molar-refractivity contribution in [3.05, 3.63) is 40.9 Å². The second-order valence-electron chi connectivity index (χ2n) is 2.62. The van der Waals surface area contributed by atoms with Gasteiger partial charge in [0.1, 0.15) is 0 Å². The number of benzene rings is 2. The van der Waals surface area contributed by atoms with Crippen LogP contribution in [-0.2, 0) is 0 Å². The molecule has 0 unspecified atom stereocenters. The normalized spacial score (nSPS) is 10.5. The quantitative estimate of drug-likeness (QED) is 0.662. The third-order valence-corrected chi connectivity index (χ3v) is 3.38. The van der Waals surface area contributed by atoms with Gasteiger partial charge in [-0.05, 0) is 32.8 Å². The molecule has 0 N–H and O–H groups in total. The van der Waals surface area contributed by atoms with E-state index in [0.29, 0.717) is 0 Å². The summed E-state index contributed by atoms with van der Waals surface area (Å²) in [5.41, 5.74) is 0. The second-order valence-corrected chi connectivity index (χ2v) is 3.89. The molecule has 2 aromatic carbocycles. The van der Waals surface area contributed by atoms with E-state index in [4.69, 9.17) is 0 Å². The van der Waals surface area contributed by atoms with E-state index in [1.807, 2.05) is 18.2 Å². The summed E-state index contributed by atoms with van der Waals surface area (Å²) >= 11 is 7.83. The largest absolute Gasteiger partial charge is 0.142 e. The van der Waals surface area contributed by atoms with Crippen molar-refractivity contribution in [2.24, 2.45) is 0 Å². The number of hydrogen-bond acceptors (Lipinski definition) is 1. The van der Waals surface area contributed by atoms with E-state index in [2.05, 4.69) is 46.8 Å². The molecule has 0 aromatic heterocycles. The molecule has 0 amide bonds. The molecule has 0 saturated carbocycles. The molecule has 60 valence electrons. The Kier molecular flexibility index (Phi) is 2.11. The smallest absolute Gasteiger partial charge is 0.0387 e. The Morgan fingerprint density at radius 2 is 1.75 bits per heavy atom. The predicted molar refractivity (Wildman–Crippen MR) is 58.9 cm³/mol. The van der Waals surface area contributed by atoms with E-state index in [9.17, 15) is 0 Å². The summed E-state index contributed by atoms with van der Waals surface area (Å²) in [5.74, 6) is 0. The zero-order valence-electron chi connectivity index (χ0n) is 6.29. The Bertz CT molecular complexity index is 423. The molecule has 0 saturated heterocycles.